The summed E-state index contributed by atoms with van der Waals surface area (Å²) in [4.78, 5) is 25.5. The van der Waals surface area contributed by atoms with E-state index in [2.05, 4.69) is 5.32 Å². The van der Waals surface area contributed by atoms with Crippen molar-refractivity contribution < 1.29 is 23.8 Å². The minimum absolute atomic E-state index is 0.0175. The number of β-amino-alcohol motifs (C(OH)–C–C–N with tert-alkyl or cyclic N) is 1. The molecule has 0 spiro atoms. The Balaban J connectivity index is 1.50. The zero-order valence-corrected chi connectivity index (χ0v) is 13.5. The van der Waals surface area contributed by atoms with E-state index in [0.717, 1.165) is 17.7 Å². The van der Waals surface area contributed by atoms with Gasteiger partial charge in [-0.2, -0.15) is 0 Å². The number of hydrogen-bond donors (Lipinski definition) is 2. The van der Waals surface area contributed by atoms with E-state index in [4.69, 9.17) is 4.74 Å². The first kappa shape index (κ1) is 16.9. The van der Waals surface area contributed by atoms with Crippen molar-refractivity contribution in [1.29, 1.82) is 0 Å². The van der Waals surface area contributed by atoms with E-state index < -0.39 is 17.7 Å². The van der Waals surface area contributed by atoms with Gasteiger partial charge in [0.25, 0.3) is 5.91 Å². The Morgan fingerprint density at radius 3 is 2.79 bits per heavy atom. The molecule has 0 unspecified atom stereocenters. The molecule has 1 saturated heterocycles. The second-order valence-electron chi connectivity index (χ2n) is 6.58. The summed E-state index contributed by atoms with van der Waals surface area (Å²) >= 11 is 0. The molecule has 0 bridgehead atoms. The average molecular weight is 336 g/mol. The molecule has 1 aliphatic carbocycles. The summed E-state index contributed by atoms with van der Waals surface area (Å²) in [5.74, 6) is -0.502. The first-order valence-corrected chi connectivity index (χ1v) is 8.05. The van der Waals surface area contributed by atoms with Crippen molar-refractivity contribution in [3.8, 4) is 0 Å². The fourth-order valence-electron chi connectivity index (χ4n) is 3.00. The van der Waals surface area contributed by atoms with Crippen molar-refractivity contribution in [3.63, 3.8) is 0 Å². The molecule has 3 rings (SSSR count). The molecule has 24 heavy (non-hydrogen) atoms. The van der Waals surface area contributed by atoms with Gasteiger partial charge in [-0.25, -0.2) is 9.18 Å². The molecule has 7 heteroatoms. The van der Waals surface area contributed by atoms with Crippen LogP contribution in [0.4, 0.5) is 9.18 Å². The number of carbonyl (C=O) groups excluding carboxylic acids is 2. The van der Waals surface area contributed by atoms with Crippen LogP contribution < -0.4 is 5.32 Å². The van der Waals surface area contributed by atoms with Crippen molar-refractivity contribution in [1.82, 2.24) is 10.2 Å². The number of halogens is 1. The van der Waals surface area contributed by atoms with Gasteiger partial charge in [0.15, 0.2) is 0 Å². The lowest BCUT2D eigenvalue weighted by Crippen LogP contribution is -2.46. The highest BCUT2D eigenvalue weighted by Gasteiger charge is 2.56. The van der Waals surface area contributed by atoms with Crippen LogP contribution >= 0.6 is 0 Å². The van der Waals surface area contributed by atoms with Gasteiger partial charge in [-0.05, 0) is 31.7 Å². The van der Waals surface area contributed by atoms with Crippen LogP contribution in [0.1, 0.15) is 25.3 Å². The first-order chi connectivity index (χ1) is 11.4. The third kappa shape index (κ3) is 3.27. The lowest BCUT2D eigenvalue weighted by molar-refractivity contribution is -0.132. The number of nitrogens with one attached hydrogen (secondary N) is 1. The van der Waals surface area contributed by atoms with Gasteiger partial charge in [0, 0.05) is 5.56 Å². The molecular formula is C17H21FN2O4. The Bertz CT molecular complexity index is 649. The molecule has 0 aromatic heterocycles. The maximum atomic E-state index is 13.5. The maximum absolute atomic E-state index is 13.5. The van der Waals surface area contributed by atoms with Crippen LogP contribution in [0.5, 0.6) is 0 Å². The third-order valence-corrected chi connectivity index (χ3v) is 4.61. The van der Waals surface area contributed by atoms with Crippen molar-refractivity contribution in [2.24, 2.45) is 5.92 Å². The van der Waals surface area contributed by atoms with Crippen LogP contribution in [0.15, 0.2) is 24.3 Å². The molecule has 2 fully saturated rings. The minimum atomic E-state index is -1.02. The summed E-state index contributed by atoms with van der Waals surface area (Å²) in [5, 5.41) is 12.7. The first-order valence-electron chi connectivity index (χ1n) is 8.05. The van der Waals surface area contributed by atoms with Gasteiger partial charge in [0.1, 0.15) is 11.4 Å². The van der Waals surface area contributed by atoms with E-state index in [1.165, 1.54) is 6.07 Å². The number of aliphatic hydroxyl groups is 1. The molecule has 2 aliphatic rings. The van der Waals surface area contributed by atoms with Crippen molar-refractivity contribution >= 4 is 11.9 Å². The average Bonchev–Trinajstić information content (AvgIpc) is 3.36. The van der Waals surface area contributed by atoms with E-state index in [-0.39, 0.29) is 37.4 Å². The van der Waals surface area contributed by atoms with Crippen LogP contribution in [0.2, 0.25) is 0 Å². The molecule has 1 aromatic carbocycles. The summed E-state index contributed by atoms with van der Waals surface area (Å²) in [5.41, 5.74) is -0.467. The topological polar surface area (TPSA) is 78.9 Å². The molecule has 1 saturated carbocycles. The molecule has 2 atom stereocenters. The Morgan fingerprint density at radius 1 is 1.42 bits per heavy atom. The number of amides is 3. The molecule has 130 valence electrons. The van der Waals surface area contributed by atoms with Gasteiger partial charge in [-0.3, -0.25) is 9.69 Å². The van der Waals surface area contributed by atoms with Gasteiger partial charge in [-0.1, -0.05) is 18.2 Å². The third-order valence-electron chi connectivity index (χ3n) is 4.61. The number of hydrogen-bond acceptors (Lipinski definition) is 4. The molecule has 1 heterocycles. The van der Waals surface area contributed by atoms with Crippen LogP contribution in [-0.2, 0) is 16.1 Å². The number of imide groups is 1. The summed E-state index contributed by atoms with van der Waals surface area (Å²) in [6.45, 7) is 1.52. The fraction of sp³-hybridized carbons (Fsp3) is 0.529. The van der Waals surface area contributed by atoms with Gasteiger partial charge in [-0.15, -0.1) is 0 Å². The lowest BCUT2D eigenvalue weighted by Gasteiger charge is -2.22. The lowest BCUT2D eigenvalue weighted by atomic mass is 9.96. The van der Waals surface area contributed by atoms with Crippen molar-refractivity contribution in [2.45, 2.75) is 38.0 Å². The van der Waals surface area contributed by atoms with Crippen molar-refractivity contribution in [2.75, 3.05) is 13.2 Å². The molecular weight excluding hydrogens is 315 g/mol. The number of aliphatic hydroxyl groups excluding tert-OH is 1. The van der Waals surface area contributed by atoms with Gasteiger partial charge in [0.2, 0.25) is 0 Å². The second-order valence-corrected chi connectivity index (χ2v) is 6.58. The molecule has 2 N–H and O–H groups in total. The van der Waals surface area contributed by atoms with Gasteiger partial charge in [0.05, 0.1) is 25.9 Å². The SMILES string of the molecule is C[C@]1(C2CC2)NC(=O)N(C[C@@H](O)COCc2ccccc2F)C1=O. The number of nitrogens with zero attached hydrogens (tertiary/aromatic N) is 1. The Morgan fingerprint density at radius 2 is 2.12 bits per heavy atom. The Labute approximate surface area is 139 Å². The van der Waals surface area contributed by atoms with Crippen LogP contribution in [0.3, 0.4) is 0 Å². The quantitative estimate of drug-likeness (QED) is 0.738. The van der Waals surface area contributed by atoms with E-state index in [1.807, 2.05) is 0 Å². The fourth-order valence-corrected chi connectivity index (χ4v) is 3.00. The van der Waals surface area contributed by atoms with E-state index in [0.29, 0.717) is 5.56 Å². The van der Waals surface area contributed by atoms with Gasteiger partial charge >= 0.3 is 6.03 Å². The predicted octanol–water partition coefficient (Wildman–Crippen LogP) is 1.42. The zero-order valence-electron chi connectivity index (χ0n) is 13.5. The smallest absolute Gasteiger partial charge is 0.325 e. The Hall–Kier alpha value is -1.99. The second kappa shape index (κ2) is 6.49. The normalized spacial score (nSPS) is 25.0. The predicted molar refractivity (Wildman–Crippen MR) is 83.4 cm³/mol. The maximum Gasteiger partial charge on any atom is 0.325 e. The van der Waals surface area contributed by atoms with E-state index in [1.54, 1.807) is 25.1 Å². The highest BCUT2D eigenvalue weighted by atomic mass is 19.1. The van der Waals surface area contributed by atoms with Crippen LogP contribution in [0, 0.1) is 11.7 Å². The number of carbonyl (C=O) groups is 2. The molecule has 3 amide bonds. The van der Waals surface area contributed by atoms with Crippen LogP contribution in [0.25, 0.3) is 0 Å². The number of urea groups is 1. The minimum Gasteiger partial charge on any atom is -0.389 e. The monoisotopic (exact) mass is 336 g/mol. The van der Waals surface area contributed by atoms with E-state index in [9.17, 15) is 19.1 Å². The highest BCUT2D eigenvalue weighted by Crippen LogP contribution is 2.42. The van der Waals surface area contributed by atoms with Gasteiger partial charge < -0.3 is 15.2 Å². The largest absolute Gasteiger partial charge is 0.389 e. The molecule has 6 nitrogen and oxygen atoms in total. The zero-order chi connectivity index (χ0) is 17.3. The van der Waals surface area contributed by atoms with Crippen molar-refractivity contribution in [3.05, 3.63) is 35.6 Å². The number of rotatable bonds is 7. The van der Waals surface area contributed by atoms with E-state index >= 15 is 0 Å². The summed E-state index contributed by atoms with van der Waals surface area (Å²) in [6, 6.07) is 5.73. The van der Waals surface area contributed by atoms with Crippen LogP contribution in [-0.4, -0.2) is 46.7 Å². The summed E-state index contributed by atoms with van der Waals surface area (Å²) in [6.07, 6.45) is 0.822. The summed E-state index contributed by atoms with van der Waals surface area (Å²) in [7, 11) is 0. The highest BCUT2D eigenvalue weighted by molar-refractivity contribution is 6.07. The summed E-state index contributed by atoms with van der Waals surface area (Å²) < 4.78 is 18.8. The molecule has 1 aliphatic heterocycles. The number of benzene rings is 1. The number of ether oxygens (including phenoxy) is 1. The standard InChI is InChI=1S/C17H21FN2O4/c1-17(12-6-7-12)15(22)20(16(23)19-17)8-13(21)10-24-9-11-4-2-3-5-14(11)18/h2-5,12-13,21H,6-10H2,1H3,(H,19,23)/t13-,17-/m1/s1. The Kier molecular flexibility index (Phi) is 4.56. The molecule has 0 radical (unpaired) electrons. The molecule has 1 aromatic rings.